The van der Waals surface area contributed by atoms with E-state index in [9.17, 15) is 13.0 Å². The van der Waals surface area contributed by atoms with Gasteiger partial charge in [0, 0.05) is 0 Å². The van der Waals surface area contributed by atoms with E-state index >= 15 is 0 Å². The van der Waals surface area contributed by atoms with Crippen molar-refractivity contribution in [2.45, 2.75) is 37.9 Å². The molecule has 2 fully saturated rings. The van der Waals surface area contributed by atoms with E-state index < -0.39 is 14.9 Å². The second-order valence-corrected chi connectivity index (χ2v) is 6.71. The molecule has 0 heterocycles. The molecule has 0 aromatic carbocycles. The first kappa shape index (κ1) is 10.2. The lowest BCUT2D eigenvalue weighted by Crippen LogP contribution is -2.45. The molecule has 0 spiro atoms. The zero-order valence-corrected chi connectivity index (χ0v) is 9.39. The zero-order valence-electron chi connectivity index (χ0n) is 8.58. The van der Waals surface area contributed by atoms with Crippen molar-refractivity contribution >= 4 is 10.1 Å². The van der Waals surface area contributed by atoms with Crippen molar-refractivity contribution in [2.24, 2.45) is 11.3 Å². The summed E-state index contributed by atoms with van der Waals surface area (Å²) >= 11 is 0. The molecule has 0 saturated heterocycles. The predicted molar refractivity (Wildman–Crippen MR) is 54.5 cm³/mol. The van der Waals surface area contributed by atoms with Crippen molar-refractivity contribution in [3.63, 3.8) is 0 Å². The fourth-order valence-electron chi connectivity index (χ4n) is 3.49. The first-order valence-electron chi connectivity index (χ1n) is 4.89. The maximum Gasteiger partial charge on any atom is 0.275 e. The molecule has 3 nitrogen and oxygen atoms in total. The van der Waals surface area contributed by atoms with Gasteiger partial charge in [-0.2, -0.15) is 8.42 Å². The smallest absolute Gasteiger partial charge is 0.275 e. The van der Waals surface area contributed by atoms with Crippen molar-refractivity contribution in [1.29, 1.82) is 0 Å². The van der Waals surface area contributed by atoms with Crippen LogP contribution in [-0.4, -0.2) is 17.7 Å². The molecule has 2 rings (SSSR count). The SMILES string of the molecule is C=C1C[C@@H]2CC[C@@]1(S(=O)(=O)O)C2(C)C. The number of hydrogen-bond acceptors (Lipinski definition) is 2. The Bertz CT molecular complexity index is 394. The molecule has 2 bridgehead atoms. The molecule has 1 N–H and O–H groups in total. The molecule has 0 aromatic rings. The molecule has 80 valence electrons. The zero-order chi connectivity index (χ0) is 10.8. The van der Waals surface area contributed by atoms with Gasteiger partial charge < -0.3 is 0 Å². The van der Waals surface area contributed by atoms with Crippen LogP contribution < -0.4 is 0 Å². The second-order valence-electron chi connectivity index (χ2n) is 5.07. The molecule has 0 radical (unpaired) electrons. The third-order valence-corrected chi connectivity index (χ3v) is 6.31. The average molecular weight is 216 g/mol. The van der Waals surface area contributed by atoms with Gasteiger partial charge in [-0.1, -0.05) is 26.0 Å². The molecular formula is C10H16O3S. The summed E-state index contributed by atoms with van der Waals surface area (Å²) in [6.45, 7) is 7.69. The molecule has 0 unspecified atom stereocenters. The van der Waals surface area contributed by atoms with Crippen LogP contribution in [0, 0.1) is 11.3 Å². The van der Waals surface area contributed by atoms with E-state index in [0.29, 0.717) is 17.9 Å². The Labute approximate surface area is 85.0 Å². The van der Waals surface area contributed by atoms with Gasteiger partial charge in [0.1, 0.15) is 4.75 Å². The number of fused-ring (bicyclic) bond motifs is 2. The van der Waals surface area contributed by atoms with E-state index in [1.54, 1.807) is 0 Å². The van der Waals surface area contributed by atoms with Gasteiger partial charge in [0.05, 0.1) is 0 Å². The van der Waals surface area contributed by atoms with Crippen LogP contribution in [0.3, 0.4) is 0 Å². The van der Waals surface area contributed by atoms with E-state index in [1.165, 1.54) is 0 Å². The summed E-state index contributed by atoms with van der Waals surface area (Å²) in [6.07, 6.45) is 2.15. The molecule has 4 heteroatoms. The summed E-state index contributed by atoms with van der Waals surface area (Å²) < 4.78 is 31.4. The molecule has 2 atom stereocenters. The Morgan fingerprint density at radius 3 is 2.29 bits per heavy atom. The van der Waals surface area contributed by atoms with Crippen LogP contribution in [0.15, 0.2) is 12.2 Å². The van der Waals surface area contributed by atoms with Gasteiger partial charge in [0.15, 0.2) is 0 Å². The lowest BCUT2D eigenvalue weighted by Gasteiger charge is -2.35. The highest BCUT2D eigenvalue weighted by molar-refractivity contribution is 7.87. The van der Waals surface area contributed by atoms with Crippen molar-refractivity contribution in [3.05, 3.63) is 12.2 Å². The van der Waals surface area contributed by atoms with Gasteiger partial charge in [0.2, 0.25) is 0 Å². The minimum atomic E-state index is -4.03. The van der Waals surface area contributed by atoms with Gasteiger partial charge in [-0.05, 0) is 30.6 Å². The topological polar surface area (TPSA) is 54.4 Å². The Morgan fingerprint density at radius 1 is 1.50 bits per heavy atom. The van der Waals surface area contributed by atoms with Crippen LogP contribution in [-0.2, 0) is 10.1 Å². The molecule has 0 aliphatic heterocycles. The largest absolute Gasteiger partial charge is 0.285 e. The van der Waals surface area contributed by atoms with E-state index in [1.807, 2.05) is 13.8 Å². The predicted octanol–water partition coefficient (Wildman–Crippen LogP) is 2.01. The van der Waals surface area contributed by atoms with E-state index in [4.69, 9.17) is 0 Å². The van der Waals surface area contributed by atoms with Crippen LogP contribution in [0.4, 0.5) is 0 Å². The standard InChI is InChI=1S/C10H16O3S/c1-7-6-8-4-5-10(7,9(8,2)3)14(11,12)13/h8H,1,4-6H2,2-3H3,(H,11,12,13)/t8-,10-/m0/s1. The minimum Gasteiger partial charge on any atom is -0.285 e. The first-order chi connectivity index (χ1) is 6.23. The molecule has 14 heavy (non-hydrogen) atoms. The first-order valence-corrected chi connectivity index (χ1v) is 6.33. The Morgan fingerprint density at radius 2 is 2.07 bits per heavy atom. The van der Waals surface area contributed by atoms with Crippen molar-refractivity contribution in [3.8, 4) is 0 Å². The van der Waals surface area contributed by atoms with Crippen molar-refractivity contribution < 1.29 is 13.0 Å². The minimum absolute atomic E-state index is 0.358. The summed E-state index contributed by atoms with van der Waals surface area (Å²) in [5, 5.41) is 0. The summed E-state index contributed by atoms with van der Waals surface area (Å²) in [4.78, 5) is 0. The second kappa shape index (κ2) is 2.42. The fraction of sp³-hybridized carbons (Fsp3) is 0.800. The Balaban J connectivity index is 2.68. The van der Waals surface area contributed by atoms with Crippen molar-refractivity contribution in [2.75, 3.05) is 0 Å². The monoisotopic (exact) mass is 216 g/mol. The average Bonchev–Trinajstić information content (AvgIpc) is 2.34. The highest BCUT2D eigenvalue weighted by Gasteiger charge is 2.67. The van der Waals surface area contributed by atoms with Gasteiger partial charge in [-0.15, -0.1) is 0 Å². The number of hydrogen-bond donors (Lipinski definition) is 1. The maximum atomic E-state index is 11.5. The third-order valence-electron chi connectivity index (χ3n) is 4.41. The summed E-state index contributed by atoms with van der Waals surface area (Å²) in [5.41, 5.74) is 0.332. The lowest BCUT2D eigenvalue weighted by molar-refractivity contribution is 0.267. The quantitative estimate of drug-likeness (QED) is 0.539. The van der Waals surface area contributed by atoms with Gasteiger partial charge in [-0.3, -0.25) is 4.55 Å². The molecule has 2 saturated carbocycles. The fourth-order valence-corrected chi connectivity index (χ4v) is 5.14. The van der Waals surface area contributed by atoms with Gasteiger partial charge in [0.25, 0.3) is 10.1 Å². The summed E-state index contributed by atoms with van der Waals surface area (Å²) in [5.74, 6) is 0.358. The van der Waals surface area contributed by atoms with Crippen molar-refractivity contribution in [1.82, 2.24) is 0 Å². The molecule has 0 amide bonds. The van der Waals surface area contributed by atoms with E-state index in [-0.39, 0.29) is 5.41 Å². The highest BCUT2D eigenvalue weighted by Crippen LogP contribution is 2.65. The highest BCUT2D eigenvalue weighted by atomic mass is 32.2. The third kappa shape index (κ3) is 0.841. The van der Waals surface area contributed by atoms with Crippen LogP contribution in [0.1, 0.15) is 33.1 Å². The van der Waals surface area contributed by atoms with Crippen LogP contribution in [0.2, 0.25) is 0 Å². The summed E-state index contributed by atoms with van der Waals surface area (Å²) in [7, 11) is -4.03. The molecule has 2 aliphatic rings. The van der Waals surface area contributed by atoms with E-state index in [0.717, 1.165) is 12.8 Å². The Hall–Kier alpha value is -0.350. The van der Waals surface area contributed by atoms with Crippen LogP contribution in [0.5, 0.6) is 0 Å². The number of rotatable bonds is 1. The molecule has 2 aliphatic carbocycles. The van der Waals surface area contributed by atoms with Crippen LogP contribution >= 0.6 is 0 Å². The maximum absolute atomic E-state index is 11.5. The van der Waals surface area contributed by atoms with Gasteiger partial charge in [-0.25, -0.2) is 0 Å². The molecular weight excluding hydrogens is 200 g/mol. The Kier molecular flexibility index (Phi) is 1.76. The van der Waals surface area contributed by atoms with Gasteiger partial charge >= 0.3 is 0 Å². The lowest BCUT2D eigenvalue weighted by atomic mass is 9.81. The van der Waals surface area contributed by atoms with E-state index in [2.05, 4.69) is 6.58 Å². The van der Waals surface area contributed by atoms with Crippen LogP contribution in [0.25, 0.3) is 0 Å². The molecule has 0 aromatic heterocycles. The summed E-state index contributed by atoms with van der Waals surface area (Å²) in [6, 6.07) is 0. The normalized spacial score (nSPS) is 40.5.